The van der Waals surface area contributed by atoms with E-state index in [-0.39, 0.29) is 30.8 Å². The molecule has 10 nitrogen and oxygen atoms in total. The fraction of sp³-hybridized carbons (Fsp3) is 0.609. The van der Waals surface area contributed by atoms with Crippen molar-refractivity contribution in [2.75, 3.05) is 7.05 Å². The van der Waals surface area contributed by atoms with Crippen molar-refractivity contribution in [1.29, 1.82) is 0 Å². The first-order valence-electron chi connectivity index (χ1n) is 11.5. The number of carboxylic acid groups (broad SMARTS) is 1. The molecule has 2 aromatic rings. The summed E-state index contributed by atoms with van der Waals surface area (Å²) in [7, 11) is 1.77. The third kappa shape index (κ3) is 5.43. The van der Waals surface area contributed by atoms with Gasteiger partial charge in [-0.25, -0.2) is 4.79 Å². The SMILES string of the molecule is Cc1noc(-c2ccc(O[C@H]3CCC[C@H](C(=O)O)C3)nn2)c1COC(=O)N(C)C1CCCC1. The predicted molar refractivity (Wildman–Crippen MR) is 116 cm³/mol. The van der Waals surface area contributed by atoms with Gasteiger partial charge in [0.1, 0.15) is 18.4 Å². The number of carbonyl (C=O) groups excluding carboxylic acids is 1. The van der Waals surface area contributed by atoms with Crippen molar-refractivity contribution in [3.05, 3.63) is 23.4 Å². The zero-order chi connectivity index (χ0) is 23.4. The summed E-state index contributed by atoms with van der Waals surface area (Å²) < 4.78 is 16.8. The van der Waals surface area contributed by atoms with Gasteiger partial charge < -0.3 is 24.0 Å². The van der Waals surface area contributed by atoms with Gasteiger partial charge in [-0.05, 0) is 51.5 Å². The van der Waals surface area contributed by atoms with Gasteiger partial charge in [0.05, 0.1) is 17.2 Å². The molecule has 0 aliphatic heterocycles. The van der Waals surface area contributed by atoms with Crippen LogP contribution in [0.3, 0.4) is 0 Å². The minimum Gasteiger partial charge on any atom is -0.481 e. The summed E-state index contributed by atoms with van der Waals surface area (Å²) in [4.78, 5) is 25.4. The molecular weight excluding hydrogens is 428 g/mol. The zero-order valence-corrected chi connectivity index (χ0v) is 19.0. The van der Waals surface area contributed by atoms with Crippen LogP contribution in [0.1, 0.15) is 62.6 Å². The van der Waals surface area contributed by atoms with E-state index >= 15 is 0 Å². The van der Waals surface area contributed by atoms with Crippen molar-refractivity contribution >= 4 is 12.1 Å². The lowest BCUT2D eigenvalue weighted by Crippen LogP contribution is -2.35. The Morgan fingerprint density at radius 2 is 1.94 bits per heavy atom. The Bertz CT molecular complexity index is 970. The number of aliphatic carboxylic acids is 1. The molecule has 2 atom stereocenters. The summed E-state index contributed by atoms with van der Waals surface area (Å²) in [5.41, 5.74) is 1.71. The van der Waals surface area contributed by atoms with Crippen molar-refractivity contribution < 1.29 is 28.7 Å². The Kier molecular flexibility index (Phi) is 7.10. The number of ether oxygens (including phenoxy) is 2. The van der Waals surface area contributed by atoms with E-state index in [2.05, 4.69) is 15.4 Å². The van der Waals surface area contributed by atoms with Crippen LogP contribution in [-0.2, 0) is 16.1 Å². The minimum atomic E-state index is -0.784. The molecule has 2 saturated carbocycles. The summed E-state index contributed by atoms with van der Waals surface area (Å²) in [6.45, 7) is 1.81. The fourth-order valence-corrected chi connectivity index (χ4v) is 4.59. The smallest absolute Gasteiger partial charge is 0.410 e. The molecule has 1 N–H and O–H groups in total. The molecule has 4 rings (SSSR count). The topological polar surface area (TPSA) is 128 Å². The first-order chi connectivity index (χ1) is 15.9. The van der Waals surface area contributed by atoms with Gasteiger partial charge in [0.25, 0.3) is 0 Å². The first-order valence-corrected chi connectivity index (χ1v) is 11.5. The van der Waals surface area contributed by atoms with Gasteiger partial charge in [0, 0.05) is 19.2 Å². The Balaban J connectivity index is 1.38. The Labute approximate surface area is 192 Å². The maximum Gasteiger partial charge on any atom is 0.410 e. The molecule has 0 spiro atoms. The van der Waals surface area contributed by atoms with Crippen molar-refractivity contribution in [1.82, 2.24) is 20.3 Å². The molecule has 178 valence electrons. The Morgan fingerprint density at radius 3 is 2.64 bits per heavy atom. The molecule has 1 amide bonds. The van der Waals surface area contributed by atoms with Crippen LogP contribution in [0.4, 0.5) is 4.79 Å². The minimum absolute atomic E-state index is 0.0269. The Morgan fingerprint density at radius 1 is 1.15 bits per heavy atom. The normalized spacial score (nSPS) is 21.0. The lowest BCUT2D eigenvalue weighted by atomic mass is 9.87. The van der Waals surface area contributed by atoms with Crippen LogP contribution in [0, 0.1) is 12.8 Å². The van der Waals surface area contributed by atoms with Crippen LogP contribution < -0.4 is 4.74 Å². The second-order valence-electron chi connectivity index (χ2n) is 8.88. The van der Waals surface area contributed by atoms with E-state index in [1.54, 1.807) is 31.0 Å². The van der Waals surface area contributed by atoms with Crippen LogP contribution in [0.2, 0.25) is 0 Å². The van der Waals surface area contributed by atoms with Gasteiger partial charge in [0.2, 0.25) is 5.88 Å². The van der Waals surface area contributed by atoms with Crippen molar-refractivity contribution in [3.63, 3.8) is 0 Å². The van der Waals surface area contributed by atoms with Crippen LogP contribution in [0.25, 0.3) is 11.5 Å². The molecule has 2 heterocycles. The van der Waals surface area contributed by atoms with Crippen LogP contribution in [0.15, 0.2) is 16.7 Å². The average molecular weight is 459 g/mol. The molecule has 0 unspecified atom stereocenters. The maximum absolute atomic E-state index is 12.5. The molecule has 2 fully saturated rings. The number of hydrogen-bond donors (Lipinski definition) is 1. The molecule has 2 aromatic heterocycles. The number of hydrogen-bond acceptors (Lipinski definition) is 8. The van der Waals surface area contributed by atoms with E-state index in [0.29, 0.717) is 41.4 Å². The predicted octanol–water partition coefficient (Wildman–Crippen LogP) is 3.97. The van der Waals surface area contributed by atoms with Crippen LogP contribution >= 0.6 is 0 Å². The lowest BCUT2D eigenvalue weighted by Gasteiger charge is -2.26. The number of aromatic nitrogens is 3. The average Bonchev–Trinajstić information content (AvgIpc) is 3.48. The summed E-state index contributed by atoms with van der Waals surface area (Å²) in [5, 5.41) is 21.6. The quantitative estimate of drug-likeness (QED) is 0.655. The zero-order valence-electron chi connectivity index (χ0n) is 19.0. The molecule has 2 aliphatic rings. The van der Waals surface area contributed by atoms with Gasteiger partial charge in [0.15, 0.2) is 5.76 Å². The third-order valence-corrected chi connectivity index (χ3v) is 6.62. The largest absolute Gasteiger partial charge is 0.481 e. The number of amides is 1. The molecule has 10 heteroatoms. The second-order valence-corrected chi connectivity index (χ2v) is 8.88. The third-order valence-electron chi connectivity index (χ3n) is 6.62. The van der Waals surface area contributed by atoms with E-state index in [4.69, 9.17) is 14.0 Å². The second kappa shape index (κ2) is 10.2. The Hall–Kier alpha value is -3.17. The van der Waals surface area contributed by atoms with Crippen LogP contribution in [0.5, 0.6) is 5.88 Å². The summed E-state index contributed by atoms with van der Waals surface area (Å²) in [6.07, 6.45) is 6.46. The molecule has 0 saturated heterocycles. The first kappa shape index (κ1) is 23.0. The van der Waals surface area contributed by atoms with Crippen molar-refractivity contribution in [2.24, 2.45) is 5.92 Å². The molecular formula is C23H30N4O6. The highest BCUT2D eigenvalue weighted by Crippen LogP contribution is 2.29. The standard InChI is InChI=1S/C23H30N4O6/c1-14-18(13-31-23(30)27(2)16-7-3-4-8-16)21(33-26-14)19-10-11-20(25-24-19)32-17-9-5-6-15(12-17)22(28)29/h10-11,15-17H,3-9,12-13H2,1-2H3,(H,28,29)/t15-,17-/m0/s1. The number of rotatable bonds is 7. The highest BCUT2D eigenvalue weighted by molar-refractivity contribution is 5.70. The number of carboxylic acids is 1. The fourth-order valence-electron chi connectivity index (χ4n) is 4.59. The van der Waals surface area contributed by atoms with Gasteiger partial charge in [-0.1, -0.05) is 18.0 Å². The molecule has 0 bridgehead atoms. The highest BCUT2D eigenvalue weighted by atomic mass is 16.6. The van der Waals surface area contributed by atoms with Crippen LogP contribution in [-0.4, -0.2) is 56.6 Å². The monoisotopic (exact) mass is 458 g/mol. The highest BCUT2D eigenvalue weighted by Gasteiger charge is 2.29. The molecule has 33 heavy (non-hydrogen) atoms. The van der Waals surface area contributed by atoms with E-state index in [1.807, 2.05) is 0 Å². The number of aryl methyl sites for hydroxylation is 1. The van der Waals surface area contributed by atoms with Crippen molar-refractivity contribution in [3.8, 4) is 17.3 Å². The van der Waals surface area contributed by atoms with E-state index < -0.39 is 5.97 Å². The maximum atomic E-state index is 12.5. The van der Waals surface area contributed by atoms with E-state index in [1.165, 1.54) is 0 Å². The van der Waals surface area contributed by atoms with Gasteiger partial charge in [-0.15, -0.1) is 10.2 Å². The summed E-state index contributed by atoms with van der Waals surface area (Å²) >= 11 is 0. The van der Waals surface area contributed by atoms with Gasteiger partial charge >= 0.3 is 12.1 Å². The number of carbonyl (C=O) groups is 2. The molecule has 2 aliphatic carbocycles. The molecule has 0 aromatic carbocycles. The summed E-state index contributed by atoms with van der Waals surface area (Å²) in [6, 6.07) is 3.61. The van der Waals surface area contributed by atoms with E-state index in [0.717, 1.165) is 38.5 Å². The molecule has 0 radical (unpaired) electrons. The van der Waals surface area contributed by atoms with Gasteiger partial charge in [-0.3, -0.25) is 4.79 Å². The lowest BCUT2D eigenvalue weighted by molar-refractivity contribution is -0.143. The summed E-state index contributed by atoms with van der Waals surface area (Å²) in [5.74, 6) is -0.442. The van der Waals surface area contributed by atoms with E-state index in [9.17, 15) is 14.7 Å². The van der Waals surface area contributed by atoms with Gasteiger partial charge in [-0.2, -0.15) is 0 Å². The number of nitrogens with zero attached hydrogens (tertiary/aromatic N) is 4. The van der Waals surface area contributed by atoms with Crippen molar-refractivity contribution in [2.45, 2.75) is 77.0 Å².